The maximum absolute atomic E-state index is 12.3. The Labute approximate surface area is 228 Å². The molecule has 37 heavy (non-hydrogen) atoms. The van der Waals surface area contributed by atoms with Crippen molar-refractivity contribution >= 4 is 17.9 Å². The van der Waals surface area contributed by atoms with Crippen molar-refractivity contribution in [1.82, 2.24) is 0 Å². The van der Waals surface area contributed by atoms with E-state index in [0.717, 1.165) is 76.5 Å². The average Bonchev–Trinajstić information content (AvgIpc) is 2.86. The van der Waals surface area contributed by atoms with E-state index in [1.807, 2.05) is 0 Å². The Bertz CT molecular complexity index is 560. The van der Waals surface area contributed by atoms with Crippen LogP contribution in [0.4, 0.5) is 0 Å². The smallest absolute Gasteiger partial charge is 0.306 e. The van der Waals surface area contributed by atoms with Gasteiger partial charge in [0, 0.05) is 19.3 Å². The van der Waals surface area contributed by atoms with E-state index in [1.165, 1.54) is 38.5 Å². The maximum atomic E-state index is 12.3. The molecule has 0 bridgehead atoms. The molecule has 0 aromatic rings. The molecule has 0 N–H and O–H groups in total. The van der Waals surface area contributed by atoms with E-state index in [4.69, 9.17) is 14.2 Å². The number of unbranched alkanes of at least 4 members (excludes halogenated alkanes) is 13. The first kappa shape index (κ1) is 35.4. The molecule has 0 heterocycles. The van der Waals surface area contributed by atoms with Gasteiger partial charge in [0.05, 0.1) is 0 Å². The molecule has 1 atom stereocenters. The molecule has 0 spiro atoms. The summed E-state index contributed by atoms with van der Waals surface area (Å²) in [5.74, 6) is -0.145. The Hall–Kier alpha value is -1.59. The van der Waals surface area contributed by atoms with Gasteiger partial charge in [0.2, 0.25) is 0 Å². The van der Waals surface area contributed by atoms with Crippen LogP contribution in [0.3, 0.4) is 0 Å². The van der Waals surface area contributed by atoms with Crippen LogP contribution in [0.25, 0.3) is 0 Å². The van der Waals surface area contributed by atoms with Crippen molar-refractivity contribution in [2.24, 2.45) is 5.92 Å². The molecule has 0 fully saturated rings. The molecule has 218 valence electrons. The van der Waals surface area contributed by atoms with E-state index >= 15 is 0 Å². The number of rotatable bonds is 26. The lowest BCUT2D eigenvalue weighted by molar-refractivity contribution is -0.167. The molecular formula is C31H58O6. The van der Waals surface area contributed by atoms with Crippen LogP contribution >= 0.6 is 0 Å². The van der Waals surface area contributed by atoms with E-state index in [0.29, 0.717) is 19.3 Å². The SMILES string of the molecule is CCCCCCCC(=O)OC[C@@H](COC(=O)CCCCCCCCC(C)C)OC(=O)CCCCCCC. The van der Waals surface area contributed by atoms with Crippen LogP contribution in [-0.2, 0) is 28.6 Å². The molecule has 6 heteroatoms. The predicted molar refractivity (Wildman–Crippen MR) is 150 cm³/mol. The van der Waals surface area contributed by atoms with Crippen LogP contribution in [0, 0.1) is 5.92 Å². The van der Waals surface area contributed by atoms with Gasteiger partial charge in [-0.25, -0.2) is 0 Å². The van der Waals surface area contributed by atoms with Gasteiger partial charge in [0.15, 0.2) is 6.10 Å². The quantitative estimate of drug-likeness (QED) is 0.0639. The van der Waals surface area contributed by atoms with Crippen LogP contribution in [0.1, 0.15) is 156 Å². The fraction of sp³-hybridized carbons (Fsp3) is 0.903. The van der Waals surface area contributed by atoms with Gasteiger partial charge in [-0.15, -0.1) is 0 Å². The van der Waals surface area contributed by atoms with Gasteiger partial charge in [-0.1, -0.05) is 118 Å². The monoisotopic (exact) mass is 526 g/mol. The summed E-state index contributed by atoms with van der Waals surface area (Å²) < 4.78 is 16.3. The zero-order chi connectivity index (χ0) is 27.6. The minimum Gasteiger partial charge on any atom is -0.462 e. The fourth-order valence-corrected chi connectivity index (χ4v) is 4.15. The molecule has 0 aliphatic heterocycles. The molecule has 0 aromatic heterocycles. The van der Waals surface area contributed by atoms with Gasteiger partial charge < -0.3 is 14.2 Å². The first-order valence-electron chi connectivity index (χ1n) is 15.4. The van der Waals surface area contributed by atoms with Crippen LogP contribution in [0.15, 0.2) is 0 Å². The summed E-state index contributed by atoms with van der Waals surface area (Å²) in [4.78, 5) is 36.6. The predicted octanol–water partition coefficient (Wildman–Crippen LogP) is 8.48. The summed E-state index contributed by atoms with van der Waals surface area (Å²) in [6.07, 6.45) is 18.8. The molecular weight excluding hydrogens is 468 g/mol. The van der Waals surface area contributed by atoms with Crippen LogP contribution in [0.2, 0.25) is 0 Å². The third kappa shape index (κ3) is 25.8. The highest BCUT2D eigenvalue weighted by Gasteiger charge is 2.19. The Kier molecular flexibility index (Phi) is 24.9. The van der Waals surface area contributed by atoms with E-state index in [9.17, 15) is 14.4 Å². The van der Waals surface area contributed by atoms with Crippen LogP contribution < -0.4 is 0 Å². The standard InChI is InChI=1S/C31H58O6/c1-5-7-9-13-18-22-29(32)35-25-28(37-31(34)24-20-14-10-8-6-2)26-36-30(33)23-19-16-12-11-15-17-21-27(3)4/h27-28H,5-26H2,1-4H3/t28-/m0/s1. The number of carbonyl (C=O) groups excluding carboxylic acids is 3. The van der Waals surface area contributed by atoms with E-state index in [1.54, 1.807) is 0 Å². The largest absolute Gasteiger partial charge is 0.462 e. The van der Waals surface area contributed by atoms with Crippen molar-refractivity contribution in [1.29, 1.82) is 0 Å². The zero-order valence-corrected chi connectivity index (χ0v) is 24.7. The van der Waals surface area contributed by atoms with Crippen molar-refractivity contribution in [2.45, 2.75) is 162 Å². The van der Waals surface area contributed by atoms with Gasteiger partial charge in [0.1, 0.15) is 13.2 Å². The lowest BCUT2D eigenvalue weighted by Crippen LogP contribution is -2.30. The normalized spacial score (nSPS) is 11.9. The Morgan fingerprint density at radius 3 is 1.32 bits per heavy atom. The molecule has 6 nitrogen and oxygen atoms in total. The summed E-state index contributed by atoms with van der Waals surface area (Å²) in [5, 5.41) is 0. The maximum Gasteiger partial charge on any atom is 0.306 e. The molecule has 0 aliphatic rings. The number of carbonyl (C=O) groups is 3. The van der Waals surface area contributed by atoms with Crippen LogP contribution in [-0.4, -0.2) is 37.2 Å². The second-order valence-corrected chi connectivity index (χ2v) is 10.9. The van der Waals surface area contributed by atoms with Crippen molar-refractivity contribution < 1.29 is 28.6 Å². The van der Waals surface area contributed by atoms with Gasteiger partial charge in [0.25, 0.3) is 0 Å². The molecule has 0 saturated carbocycles. The van der Waals surface area contributed by atoms with Crippen molar-refractivity contribution in [3.63, 3.8) is 0 Å². The van der Waals surface area contributed by atoms with Gasteiger partial charge in [-0.05, 0) is 25.2 Å². The lowest BCUT2D eigenvalue weighted by atomic mass is 10.0. The first-order valence-corrected chi connectivity index (χ1v) is 15.4. The van der Waals surface area contributed by atoms with Gasteiger partial charge in [-0.3, -0.25) is 14.4 Å². The minimum absolute atomic E-state index is 0.0700. The second kappa shape index (κ2) is 26.0. The average molecular weight is 527 g/mol. The number of esters is 3. The third-order valence-corrected chi connectivity index (χ3v) is 6.54. The van der Waals surface area contributed by atoms with Gasteiger partial charge in [-0.2, -0.15) is 0 Å². The highest BCUT2D eigenvalue weighted by Crippen LogP contribution is 2.13. The third-order valence-electron chi connectivity index (χ3n) is 6.54. The summed E-state index contributed by atoms with van der Waals surface area (Å²) >= 11 is 0. The zero-order valence-electron chi connectivity index (χ0n) is 24.7. The summed E-state index contributed by atoms with van der Waals surface area (Å²) in [7, 11) is 0. The molecule has 0 radical (unpaired) electrons. The minimum atomic E-state index is -0.753. The lowest BCUT2D eigenvalue weighted by Gasteiger charge is -2.18. The number of hydrogen-bond acceptors (Lipinski definition) is 6. The molecule has 0 rings (SSSR count). The highest BCUT2D eigenvalue weighted by atomic mass is 16.6. The van der Waals surface area contributed by atoms with E-state index in [2.05, 4.69) is 27.7 Å². The number of ether oxygens (including phenoxy) is 3. The van der Waals surface area contributed by atoms with Crippen molar-refractivity contribution in [3.8, 4) is 0 Å². The molecule has 0 aromatic carbocycles. The molecule has 0 saturated heterocycles. The van der Waals surface area contributed by atoms with Gasteiger partial charge >= 0.3 is 17.9 Å². The Balaban J connectivity index is 4.31. The Morgan fingerprint density at radius 1 is 0.514 bits per heavy atom. The highest BCUT2D eigenvalue weighted by molar-refractivity contribution is 5.71. The van der Waals surface area contributed by atoms with Crippen molar-refractivity contribution in [2.75, 3.05) is 13.2 Å². The Morgan fingerprint density at radius 2 is 0.892 bits per heavy atom. The van der Waals surface area contributed by atoms with E-state index < -0.39 is 6.10 Å². The number of hydrogen-bond donors (Lipinski definition) is 0. The second-order valence-electron chi connectivity index (χ2n) is 10.9. The fourth-order valence-electron chi connectivity index (χ4n) is 4.15. The first-order chi connectivity index (χ1) is 17.9. The summed E-state index contributed by atoms with van der Waals surface area (Å²) in [5.41, 5.74) is 0. The molecule has 0 amide bonds. The molecule has 0 unspecified atom stereocenters. The molecule has 0 aliphatic carbocycles. The van der Waals surface area contributed by atoms with E-state index in [-0.39, 0.29) is 31.1 Å². The summed E-state index contributed by atoms with van der Waals surface area (Å²) in [6.45, 7) is 8.68. The summed E-state index contributed by atoms with van der Waals surface area (Å²) in [6, 6.07) is 0. The van der Waals surface area contributed by atoms with Crippen LogP contribution in [0.5, 0.6) is 0 Å². The topological polar surface area (TPSA) is 78.9 Å². The van der Waals surface area contributed by atoms with Crippen molar-refractivity contribution in [3.05, 3.63) is 0 Å².